The SMILES string of the molecule is Clc1cccc(C2NCC3CC2C3)c1. The van der Waals surface area contributed by atoms with Crippen molar-refractivity contribution in [3.05, 3.63) is 34.9 Å². The summed E-state index contributed by atoms with van der Waals surface area (Å²) in [6.45, 7) is 1.19. The van der Waals surface area contributed by atoms with Gasteiger partial charge in [0.2, 0.25) is 0 Å². The van der Waals surface area contributed by atoms with Gasteiger partial charge >= 0.3 is 0 Å². The van der Waals surface area contributed by atoms with Gasteiger partial charge in [-0.15, -0.1) is 0 Å². The van der Waals surface area contributed by atoms with Gasteiger partial charge in [0.05, 0.1) is 0 Å². The van der Waals surface area contributed by atoms with Crippen LogP contribution in [0.2, 0.25) is 5.02 Å². The first kappa shape index (κ1) is 8.75. The van der Waals surface area contributed by atoms with E-state index in [1.165, 1.54) is 24.9 Å². The van der Waals surface area contributed by atoms with E-state index < -0.39 is 0 Å². The molecule has 2 heterocycles. The van der Waals surface area contributed by atoms with Crippen molar-refractivity contribution < 1.29 is 0 Å². The molecule has 1 aliphatic carbocycles. The van der Waals surface area contributed by atoms with E-state index in [4.69, 9.17) is 11.6 Å². The number of piperidine rings is 2. The van der Waals surface area contributed by atoms with E-state index in [0.29, 0.717) is 6.04 Å². The number of halogens is 1. The van der Waals surface area contributed by atoms with Gasteiger partial charge in [0, 0.05) is 11.1 Å². The fraction of sp³-hybridized carbons (Fsp3) is 0.500. The van der Waals surface area contributed by atoms with Crippen LogP contribution >= 0.6 is 11.6 Å². The molecule has 3 aliphatic rings. The molecule has 4 rings (SSSR count). The Morgan fingerprint density at radius 1 is 1.29 bits per heavy atom. The van der Waals surface area contributed by atoms with Crippen LogP contribution in [0.4, 0.5) is 0 Å². The molecule has 0 aromatic heterocycles. The van der Waals surface area contributed by atoms with Crippen molar-refractivity contribution >= 4 is 11.6 Å². The highest BCUT2D eigenvalue weighted by Gasteiger charge is 2.40. The fourth-order valence-electron chi connectivity index (χ4n) is 2.78. The molecule has 0 amide bonds. The monoisotopic (exact) mass is 207 g/mol. The Balaban J connectivity index is 1.87. The molecule has 1 atom stereocenters. The van der Waals surface area contributed by atoms with Crippen LogP contribution in [-0.2, 0) is 0 Å². The number of fused-ring (bicyclic) bond motifs is 2. The van der Waals surface area contributed by atoms with Crippen LogP contribution in [-0.4, -0.2) is 6.54 Å². The minimum atomic E-state index is 0.554. The maximum atomic E-state index is 6.00. The van der Waals surface area contributed by atoms with Crippen LogP contribution in [0, 0.1) is 11.8 Å². The molecule has 3 fully saturated rings. The second-order valence-electron chi connectivity index (χ2n) is 4.54. The standard InChI is InChI=1S/C12H14ClN/c13-11-3-1-2-9(6-11)12-10-4-8(5-10)7-14-12/h1-3,6,8,10,12,14H,4-5,7H2. The van der Waals surface area contributed by atoms with E-state index in [9.17, 15) is 0 Å². The minimum absolute atomic E-state index is 0.554. The average molecular weight is 208 g/mol. The summed E-state index contributed by atoms with van der Waals surface area (Å²) in [6.07, 6.45) is 2.81. The van der Waals surface area contributed by atoms with E-state index >= 15 is 0 Å². The van der Waals surface area contributed by atoms with E-state index in [0.717, 1.165) is 16.9 Å². The van der Waals surface area contributed by atoms with Crippen molar-refractivity contribution in [2.75, 3.05) is 6.54 Å². The normalized spacial score (nSPS) is 35.1. The highest BCUT2D eigenvalue weighted by atomic mass is 35.5. The molecule has 2 heteroatoms. The van der Waals surface area contributed by atoms with Crippen LogP contribution in [0.3, 0.4) is 0 Å². The zero-order valence-corrected chi connectivity index (χ0v) is 8.80. The lowest BCUT2D eigenvalue weighted by Crippen LogP contribution is -2.48. The third-order valence-corrected chi connectivity index (χ3v) is 3.81. The Morgan fingerprint density at radius 3 is 2.79 bits per heavy atom. The molecule has 2 saturated heterocycles. The minimum Gasteiger partial charge on any atom is -0.309 e. The maximum absolute atomic E-state index is 6.00. The van der Waals surface area contributed by atoms with Gasteiger partial charge in [0.15, 0.2) is 0 Å². The van der Waals surface area contributed by atoms with E-state index in [1.54, 1.807) is 0 Å². The van der Waals surface area contributed by atoms with Gasteiger partial charge in [-0.2, -0.15) is 0 Å². The molecule has 14 heavy (non-hydrogen) atoms. The molecule has 1 aromatic carbocycles. The van der Waals surface area contributed by atoms with E-state index in [-0.39, 0.29) is 0 Å². The summed E-state index contributed by atoms with van der Waals surface area (Å²) < 4.78 is 0. The largest absolute Gasteiger partial charge is 0.309 e. The first-order valence-corrected chi connectivity index (χ1v) is 5.69. The van der Waals surface area contributed by atoms with Crippen LogP contribution in [0.15, 0.2) is 24.3 Å². The molecule has 1 unspecified atom stereocenters. The highest BCUT2D eigenvalue weighted by molar-refractivity contribution is 6.30. The predicted octanol–water partition coefficient (Wildman–Crippen LogP) is 3.01. The molecule has 1 N–H and O–H groups in total. The lowest BCUT2D eigenvalue weighted by atomic mass is 9.66. The third kappa shape index (κ3) is 1.35. The molecule has 1 aromatic rings. The lowest BCUT2D eigenvalue weighted by Gasteiger charge is -2.47. The van der Waals surface area contributed by atoms with Crippen molar-refractivity contribution in [2.45, 2.75) is 18.9 Å². The zero-order valence-electron chi connectivity index (χ0n) is 8.04. The molecule has 1 saturated carbocycles. The Morgan fingerprint density at radius 2 is 2.14 bits per heavy atom. The Hall–Kier alpha value is -0.530. The quantitative estimate of drug-likeness (QED) is 0.747. The van der Waals surface area contributed by atoms with Crippen molar-refractivity contribution in [1.82, 2.24) is 5.32 Å². The molecule has 0 radical (unpaired) electrons. The summed E-state index contributed by atoms with van der Waals surface area (Å²) in [5.41, 5.74) is 1.36. The smallest absolute Gasteiger partial charge is 0.0409 e. The lowest BCUT2D eigenvalue weighted by molar-refractivity contribution is 0.0831. The molecular weight excluding hydrogens is 194 g/mol. The summed E-state index contributed by atoms with van der Waals surface area (Å²) in [5, 5.41) is 4.46. The number of rotatable bonds is 1. The summed E-state index contributed by atoms with van der Waals surface area (Å²) in [4.78, 5) is 0. The van der Waals surface area contributed by atoms with Gasteiger partial charge in [-0.3, -0.25) is 0 Å². The number of hydrogen-bond acceptors (Lipinski definition) is 1. The van der Waals surface area contributed by atoms with Gasteiger partial charge in [0.1, 0.15) is 0 Å². The van der Waals surface area contributed by atoms with Crippen molar-refractivity contribution in [3.63, 3.8) is 0 Å². The van der Waals surface area contributed by atoms with Gasteiger partial charge in [-0.05, 0) is 48.9 Å². The van der Waals surface area contributed by atoms with Crippen molar-refractivity contribution in [3.8, 4) is 0 Å². The topological polar surface area (TPSA) is 12.0 Å². The Labute approximate surface area is 89.5 Å². The van der Waals surface area contributed by atoms with Crippen LogP contribution in [0.1, 0.15) is 24.4 Å². The molecule has 2 bridgehead atoms. The third-order valence-electron chi connectivity index (χ3n) is 3.58. The molecular formula is C12H14ClN. The van der Waals surface area contributed by atoms with Crippen LogP contribution in [0.25, 0.3) is 0 Å². The molecule has 2 aliphatic heterocycles. The van der Waals surface area contributed by atoms with E-state index in [1.807, 2.05) is 12.1 Å². The Kier molecular flexibility index (Phi) is 2.03. The highest BCUT2D eigenvalue weighted by Crippen LogP contribution is 2.45. The molecule has 1 nitrogen and oxygen atoms in total. The second-order valence-corrected chi connectivity index (χ2v) is 4.97. The first-order chi connectivity index (χ1) is 6.83. The van der Waals surface area contributed by atoms with Gasteiger partial charge in [-0.1, -0.05) is 23.7 Å². The average Bonchev–Trinajstić information content (AvgIpc) is 2.17. The number of benzene rings is 1. The van der Waals surface area contributed by atoms with E-state index in [2.05, 4.69) is 17.4 Å². The van der Waals surface area contributed by atoms with Gasteiger partial charge in [-0.25, -0.2) is 0 Å². The number of hydrogen-bond donors (Lipinski definition) is 1. The summed E-state index contributed by atoms with van der Waals surface area (Å²) in [6, 6.07) is 8.82. The predicted molar refractivity (Wildman–Crippen MR) is 58.4 cm³/mol. The van der Waals surface area contributed by atoms with Gasteiger partial charge in [0.25, 0.3) is 0 Å². The number of nitrogens with one attached hydrogen (secondary N) is 1. The Bertz CT molecular complexity index is 341. The van der Waals surface area contributed by atoms with Crippen molar-refractivity contribution in [2.24, 2.45) is 11.8 Å². The maximum Gasteiger partial charge on any atom is 0.0409 e. The summed E-state index contributed by atoms with van der Waals surface area (Å²) in [7, 11) is 0. The summed E-state index contributed by atoms with van der Waals surface area (Å²) in [5.74, 6) is 1.81. The molecule has 74 valence electrons. The summed E-state index contributed by atoms with van der Waals surface area (Å²) >= 11 is 6.00. The molecule has 0 spiro atoms. The van der Waals surface area contributed by atoms with Gasteiger partial charge < -0.3 is 5.32 Å². The van der Waals surface area contributed by atoms with Crippen LogP contribution < -0.4 is 5.32 Å². The first-order valence-electron chi connectivity index (χ1n) is 5.32. The van der Waals surface area contributed by atoms with Crippen LogP contribution in [0.5, 0.6) is 0 Å². The zero-order chi connectivity index (χ0) is 9.54. The second kappa shape index (κ2) is 3.25. The fourth-order valence-corrected chi connectivity index (χ4v) is 2.98. The van der Waals surface area contributed by atoms with Crippen molar-refractivity contribution in [1.29, 1.82) is 0 Å².